The number of carbonyl (C=O) groups excluding carboxylic acids is 1. The molecule has 0 N–H and O–H groups in total. The highest BCUT2D eigenvalue weighted by molar-refractivity contribution is 5.91. The van der Waals surface area contributed by atoms with Crippen molar-refractivity contribution in [1.82, 2.24) is 10.2 Å². The van der Waals surface area contributed by atoms with E-state index in [-0.39, 0.29) is 5.88 Å². The highest BCUT2D eigenvalue weighted by Crippen LogP contribution is 2.31. The molecule has 0 saturated heterocycles. The lowest BCUT2D eigenvalue weighted by Gasteiger charge is -2.09. The molecule has 0 bridgehead atoms. The Morgan fingerprint density at radius 2 is 1.63 bits per heavy atom. The molecule has 0 unspecified atom stereocenters. The molecule has 0 aliphatic rings. The van der Waals surface area contributed by atoms with Crippen LogP contribution in [0.5, 0.6) is 23.1 Å². The molecule has 1 aromatic heterocycles. The van der Waals surface area contributed by atoms with Gasteiger partial charge in [-0.2, -0.15) is 0 Å². The van der Waals surface area contributed by atoms with Gasteiger partial charge in [0.05, 0.1) is 32.6 Å². The number of nitrogens with zero attached hydrogens (tertiary/aromatic N) is 2. The summed E-state index contributed by atoms with van der Waals surface area (Å²) in [4.78, 5) is 12.2. The smallest absolute Gasteiger partial charge is 0.345 e. The quantitative estimate of drug-likeness (QED) is 0.619. The molecule has 0 radical (unpaired) electrons. The number of aromatic nitrogens is 2. The topological polar surface area (TPSA) is 79.8 Å². The molecule has 7 heteroatoms. The predicted octanol–water partition coefficient (Wildman–Crippen LogP) is 3.39. The Kier molecular flexibility index (Phi) is 5.51. The summed E-state index contributed by atoms with van der Waals surface area (Å²) in [6.45, 7) is 0. The van der Waals surface area contributed by atoms with Crippen LogP contribution in [0.4, 0.5) is 0 Å². The maximum atomic E-state index is 12.2. The molecule has 3 rings (SSSR count). The molecule has 0 aliphatic carbocycles. The second kappa shape index (κ2) is 8.18. The van der Waals surface area contributed by atoms with Crippen LogP contribution in [-0.2, 0) is 0 Å². The highest BCUT2D eigenvalue weighted by atomic mass is 16.5. The van der Waals surface area contributed by atoms with E-state index in [0.717, 1.165) is 5.56 Å². The number of carbonyl (C=O) groups is 1. The molecular weight excluding hydrogens is 348 g/mol. The van der Waals surface area contributed by atoms with Crippen LogP contribution in [0, 0.1) is 0 Å². The second-order valence-corrected chi connectivity index (χ2v) is 5.45. The van der Waals surface area contributed by atoms with Gasteiger partial charge in [-0.1, -0.05) is 6.07 Å². The fraction of sp³-hybridized carbons (Fsp3) is 0.150. The fourth-order valence-corrected chi connectivity index (χ4v) is 2.43. The van der Waals surface area contributed by atoms with Gasteiger partial charge < -0.3 is 18.9 Å². The molecule has 0 aliphatic heterocycles. The molecular formula is C20H18N2O5. The predicted molar refractivity (Wildman–Crippen MR) is 98.5 cm³/mol. The SMILES string of the molecule is COc1cccc(C(=O)Oc2ccc(-c3ccc(OC)c(OC)c3)nn2)c1. The molecule has 3 aromatic rings. The van der Waals surface area contributed by atoms with Gasteiger partial charge in [-0.15, -0.1) is 10.2 Å². The molecule has 1 heterocycles. The van der Waals surface area contributed by atoms with Gasteiger partial charge in [0.2, 0.25) is 5.88 Å². The van der Waals surface area contributed by atoms with Gasteiger partial charge in [-0.3, -0.25) is 0 Å². The average Bonchev–Trinajstić information content (AvgIpc) is 2.73. The van der Waals surface area contributed by atoms with Gasteiger partial charge in [0.25, 0.3) is 0 Å². The van der Waals surface area contributed by atoms with Crippen molar-refractivity contribution in [3.8, 4) is 34.4 Å². The molecule has 138 valence electrons. The summed E-state index contributed by atoms with van der Waals surface area (Å²) < 4.78 is 20.9. The lowest BCUT2D eigenvalue weighted by Crippen LogP contribution is -2.10. The van der Waals surface area contributed by atoms with Crippen molar-refractivity contribution in [2.45, 2.75) is 0 Å². The molecule has 7 nitrogen and oxygen atoms in total. The zero-order chi connectivity index (χ0) is 19.2. The monoisotopic (exact) mass is 366 g/mol. The van der Waals surface area contributed by atoms with Crippen LogP contribution in [-0.4, -0.2) is 37.5 Å². The summed E-state index contributed by atoms with van der Waals surface area (Å²) in [5, 5.41) is 8.08. The maximum absolute atomic E-state index is 12.2. The van der Waals surface area contributed by atoms with Gasteiger partial charge in [0, 0.05) is 11.6 Å². The number of ether oxygens (including phenoxy) is 4. The molecule has 0 fully saturated rings. The average molecular weight is 366 g/mol. The van der Waals surface area contributed by atoms with Gasteiger partial charge in [-0.25, -0.2) is 4.79 Å². The highest BCUT2D eigenvalue weighted by Gasteiger charge is 2.12. The Hall–Kier alpha value is -3.61. The van der Waals surface area contributed by atoms with E-state index in [1.165, 1.54) is 7.11 Å². The number of hydrogen-bond donors (Lipinski definition) is 0. The first-order valence-corrected chi connectivity index (χ1v) is 8.07. The van der Waals surface area contributed by atoms with Crippen LogP contribution in [0.15, 0.2) is 54.6 Å². The molecule has 0 atom stereocenters. The third-order valence-corrected chi connectivity index (χ3v) is 3.82. The van der Waals surface area contributed by atoms with Crippen LogP contribution >= 0.6 is 0 Å². The van der Waals surface area contributed by atoms with Crippen molar-refractivity contribution in [3.63, 3.8) is 0 Å². The van der Waals surface area contributed by atoms with E-state index in [0.29, 0.717) is 28.5 Å². The molecule has 2 aromatic carbocycles. The van der Waals surface area contributed by atoms with Crippen LogP contribution < -0.4 is 18.9 Å². The first-order chi connectivity index (χ1) is 13.1. The zero-order valence-electron chi connectivity index (χ0n) is 15.1. The minimum absolute atomic E-state index is 0.104. The van der Waals surface area contributed by atoms with Gasteiger partial charge in [0.15, 0.2) is 11.5 Å². The summed E-state index contributed by atoms with van der Waals surface area (Å²) in [6, 6.07) is 15.4. The Morgan fingerprint density at radius 1 is 0.815 bits per heavy atom. The standard InChI is InChI=1S/C20H18N2O5/c1-24-15-6-4-5-14(11-15)20(23)27-19-10-8-16(21-22-19)13-7-9-17(25-2)18(12-13)26-3/h4-12H,1-3H3. The number of esters is 1. The Morgan fingerprint density at radius 3 is 2.30 bits per heavy atom. The van der Waals surface area contributed by atoms with E-state index in [9.17, 15) is 4.79 Å². The summed E-state index contributed by atoms with van der Waals surface area (Å²) in [7, 11) is 4.67. The third-order valence-electron chi connectivity index (χ3n) is 3.82. The summed E-state index contributed by atoms with van der Waals surface area (Å²) >= 11 is 0. The maximum Gasteiger partial charge on any atom is 0.345 e. The number of methoxy groups -OCH3 is 3. The second-order valence-electron chi connectivity index (χ2n) is 5.45. The van der Waals surface area contributed by atoms with Crippen LogP contribution in [0.2, 0.25) is 0 Å². The first-order valence-electron chi connectivity index (χ1n) is 8.07. The fourth-order valence-electron chi connectivity index (χ4n) is 2.43. The Balaban J connectivity index is 1.76. The number of benzene rings is 2. The van der Waals surface area contributed by atoms with Crippen molar-refractivity contribution in [1.29, 1.82) is 0 Å². The van der Waals surface area contributed by atoms with Crippen molar-refractivity contribution >= 4 is 5.97 Å². The van der Waals surface area contributed by atoms with E-state index in [1.807, 2.05) is 6.07 Å². The number of hydrogen-bond acceptors (Lipinski definition) is 7. The van der Waals surface area contributed by atoms with Crippen molar-refractivity contribution < 1.29 is 23.7 Å². The van der Waals surface area contributed by atoms with Gasteiger partial charge in [0.1, 0.15) is 5.75 Å². The number of rotatable bonds is 6. The van der Waals surface area contributed by atoms with E-state index in [1.54, 1.807) is 62.8 Å². The molecule has 27 heavy (non-hydrogen) atoms. The van der Waals surface area contributed by atoms with Crippen molar-refractivity contribution in [3.05, 3.63) is 60.2 Å². The largest absolute Gasteiger partial charge is 0.497 e. The van der Waals surface area contributed by atoms with Gasteiger partial charge >= 0.3 is 5.97 Å². The van der Waals surface area contributed by atoms with E-state index >= 15 is 0 Å². The minimum atomic E-state index is -0.540. The van der Waals surface area contributed by atoms with Crippen molar-refractivity contribution in [2.24, 2.45) is 0 Å². The first kappa shape index (κ1) is 18.2. The van der Waals surface area contributed by atoms with Crippen molar-refractivity contribution in [2.75, 3.05) is 21.3 Å². The molecule has 0 amide bonds. The normalized spacial score (nSPS) is 10.2. The van der Waals surface area contributed by atoms with Gasteiger partial charge in [-0.05, 0) is 42.5 Å². The van der Waals surface area contributed by atoms with E-state index in [2.05, 4.69) is 10.2 Å². The summed E-state index contributed by atoms with van der Waals surface area (Å²) in [6.07, 6.45) is 0. The zero-order valence-corrected chi connectivity index (χ0v) is 15.1. The summed E-state index contributed by atoms with van der Waals surface area (Å²) in [5.41, 5.74) is 1.77. The third kappa shape index (κ3) is 4.14. The van der Waals surface area contributed by atoms with E-state index in [4.69, 9.17) is 18.9 Å². The van der Waals surface area contributed by atoms with E-state index < -0.39 is 5.97 Å². The summed E-state index contributed by atoms with van der Waals surface area (Å²) in [5.74, 6) is 1.34. The molecule has 0 spiro atoms. The lowest BCUT2D eigenvalue weighted by atomic mass is 10.1. The molecule has 0 saturated carbocycles. The van der Waals surface area contributed by atoms with Crippen LogP contribution in [0.1, 0.15) is 10.4 Å². The minimum Gasteiger partial charge on any atom is -0.497 e. The van der Waals surface area contributed by atoms with Crippen LogP contribution in [0.25, 0.3) is 11.3 Å². The Labute approximate surface area is 156 Å². The lowest BCUT2D eigenvalue weighted by molar-refractivity contribution is 0.0725. The van der Waals surface area contributed by atoms with Crippen LogP contribution in [0.3, 0.4) is 0 Å². The Bertz CT molecular complexity index is 941.